The van der Waals surface area contributed by atoms with E-state index >= 15 is 0 Å². The van der Waals surface area contributed by atoms with E-state index < -0.39 is 11.6 Å². The molecule has 1 fully saturated rings. The first-order valence-corrected chi connectivity index (χ1v) is 8.10. The molecule has 0 bridgehead atoms. The molecule has 0 spiro atoms. The molecule has 1 amide bonds. The van der Waals surface area contributed by atoms with Crippen molar-refractivity contribution >= 4 is 17.3 Å². The number of hydrogen-bond acceptors (Lipinski definition) is 2. The predicted octanol–water partition coefficient (Wildman–Crippen LogP) is 1.45. The second-order valence-corrected chi connectivity index (χ2v) is 6.07. The van der Waals surface area contributed by atoms with Gasteiger partial charge in [0.1, 0.15) is 5.82 Å². The summed E-state index contributed by atoms with van der Waals surface area (Å²) in [5.74, 6) is -2.43. The second kappa shape index (κ2) is 7.57. The average molecular weight is 350 g/mol. The van der Waals surface area contributed by atoms with Gasteiger partial charge in [0.05, 0.1) is 26.2 Å². The van der Waals surface area contributed by atoms with Crippen molar-refractivity contribution in [2.45, 2.75) is 0 Å². The zero-order valence-corrected chi connectivity index (χ0v) is 13.6. The van der Waals surface area contributed by atoms with Crippen LogP contribution in [0.25, 0.3) is 0 Å². The first-order chi connectivity index (χ1) is 12.0. The van der Waals surface area contributed by atoms with Gasteiger partial charge in [0.2, 0.25) is 0 Å². The van der Waals surface area contributed by atoms with Crippen molar-refractivity contribution < 1.29 is 22.9 Å². The number of anilines is 2. The lowest BCUT2D eigenvalue weighted by molar-refractivity contribution is -0.892. The number of benzene rings is 2. The van der Waals surface area contributed by atoms with Gasteiger partial charge in [-0.15, -0.1) is 0 Å². The molecule has 3 rings (SSSR count). The lowest BCUT2D eigenvalue weighted by Gasteiger charge is -2.33. The van der Waals surface area contributed by atoms with Gasteiger partial charge in [0.25, 0.3) is 5.91 Å². The van der Waals surface area contributed by atoms with Gasteiger partial charge in [-0.3, -0.25) is 4.79 Å². The Morgan fingerprint density at radius 2 is 1.68 bits per heavy atom. The summed E-state index contributed by atoms with van der Waals surface area (Å²) in [7, 11) is 0. The first-order valence-electron chi connectivity index (χ1n) is 8.10. The minimum atomic E-state index is -0.988. The molecule has 1 saturated heterocycles. The molecule has 132 valence electrons. The summed E-state index contributed by atoms with van der Waals surface area (Å²) in [4.78, 5) is 15.3. The fourth-order valence-electron chi connectivity index (χ4n) is 2.92. The fourth-order valence-corrected chi connectivity index (χ4v) is 2.92. The molecule has 0 atom stereocenters. The van der Waals surface area contributed by atoms with Gasteiger partial charge in [-0.25, -0.2) is 13.2 Å². The molecule has 0 aromatic heterocycles. The maximum atomic E-state index is 13.2. The molecule has 0 radical (unpaired) electrons. The number of nitrogens with zero attached hydrogens (tertiary/aromatic N) is 1. The van der Waals surface area contributed by atoms with Crippen molar-refractivity contribution in [2.24, 2.45) is 0 Å². The molecule has 2 N–H and O–H groups in total. The molecule has 0 saturated carbocycles. The lowest BCUT2D eigenvalue weighted by Crippen LogP contribution is -3.15. The van der Waals surface area contributed by atoms with Crippen molar-refractivity contribution in [1.29, 1.82) is 0 Å². The number of carbonyl (C=O) groups is 1. The van der Waals surface area contributed by atoms with Gasteiger partial charge in [-0.1, -0.05) is 0 Å². The normalized spacial score (nSPS) is 15.2. The minimum absolute atomic E-state index is 0.240. The number of amides is 1. The third-order valence-electron chi connectivity index (χ3n) is 4.28. The van der Waals surface area contributed by atoms with Crippen molar-refractivity contribution in [1.82, 2.24) is 0 Å². The second-order valence-electron chi connectivity index (χ2n) is 6.07. The first kappa shape index (κ1) is 17.3. The van der Waals surface area contributed by atoms with Crippen LogP contribution in [0.4, 0.5) is 24.5 Å². The standard InChI is InChI=1S/C18H18F3N3O/c19-13-1-4-15(5-2-13)24-9-7-23(8-10-24)12-18(25)22-14-3-6-16(20)17(21)11-14/h1-6,11H,7-10,12H2,(H,22,25)/p+1. The van der Waals surface area contributed by atoms with Gasteiger partial charge in [-0.05, 0) is 36.4 Å². The largest absolute Gasteiger partial charge is 0.360 e. The summed E-state index contributed by atoms with van der Waals surface area (Å²) >= 11 is 0. The highest BCUT2D eigenvalue weighted by Crippen LogP contribution is 2.14. The van der Waals surface area contributed by atoms with E-state index in [0.29, 0.717) is 0 Å². The van der Waals surface area contributed by atoms with E-state index in [1.54, 1.807) is 12.1 Å². The molecule has 0 aliphatic carbocycles. The Bertz CT molecular complexity index is 744. The molecule has 1 aliphatic rings. The van der Waals surface area contributed by atoms with E-state index in [9.17, 15) is 18.0 Å². The summed E-state index contributed by atoms with van der Waals surface area (Å²) < 4.78 is 39.0. The van der Waals surface area contributed by atoms with E-state index in [4.69, 9.17) is 0 Å². The highest BCUT2D eigenvalue weighted by Gasteiger charge is 2.22. The van der Waals surface area contributed by atoms with Crippen LogP contribution >= 0.6 is 0 Å². The van der Waals surface area contributed by atoms with Crippen molar-refractivity contribution in [3.8, 4) is 0 Å². The van der Waals surface area contributed by atoms with Crippen molar-refractivity contribution in [3.05, 3.63) is 59.9 Å². The summed E-state index contributed by atoms with van der Waals surface area (Å²) in [5.41, 5.74) is 1.21. The van der Waals surface area contributed by atoms with Crippen LogP contribution in [0.5, 0.6) is 0 Å². The van der Waals surface area contributed by atoms with E-state index in [-0.39, 0.29) is 24.0 Å². The molecule has 2 aromatic rings. The summed E-state index contributed by atoms with van der Waals surface area (Å²) in [5, 5.41) is 2.58. The molecule has 0 unspecified atom stereocenters. The van der Waals surface area contributed by atoms with Crippen LogP contribution in [0.2, 0.25) is 0 Å². The van der Waals surface area contributed by atoms with Crippen LogP contribution in [-0.4, -0.2) is 38.6 Å². The number of quaternary nitrogens is 1. The molecule has 1 heterocycles. The quantitative estimate of drug-likeness (QED) is 0.876. The van der Waals surface area contributed by atoms with E-state index in [1.807, 2.05) is 0 Å². The van der Waals surface area contributed by atoms with Gasteiger partial charge in [0, 0.05) is 17.4 Å². The zero-order chi connectivity index (χ0) is 17.8. The summed E-state index contributed by atoms with van der Waals surface area (Å²) in [6, 6.07) is 9.65. The minimum Gasteiger partial charge on any atom is -0.360 e. The molecule has 2 aromatic carbocycles. The Morgan fingerprint density at radius 1 is 1.00 bits per heavy atom. The SMILES string of the molecule is O=C(C[NH+]1CCN(c2ccc(F)cc2)CC1)Nc1ccc(F)c(F)c1. The Balaban J connectivity index is 1.49. The third kappa shape index (κ3) is 4.51. The van der Waals surface area contributed by atoms with Crippen molar-refractivity contribution in [2.75, 3.05) is 42.9 Å². The highest BCUT2D eigenvalue weighted by atomic mass is 19.2. The number of halogens is 3. The van der Waals surface area contributed by atoms with Crippen molar-refractivity contribution in [3.63, 3.8) is 0 Å². The number of hydrogen-bond donors (Lipinski definition) is 2. The van der Waals surface area contributed by atoms with Gasteiger partial charge < -0.3 is 15.1 Å². The van der Waals surface area contributed by atoms with Crippen LogP contribution in [0.15, 0.2) is 42.5 Å². The van der Waals surface area contributed by atoms with E-state index in [1.165, 1.54) is 18.2 Å². The molecule has 4 nitrogen and oxygen atoms in total. The Hall–Kier alpha value is -2.54. The van der Waals surface area contributed by atoms with Crippen LogP contribution in [0, 0.1) is 17.5 Å². The van der Waals surface area contributed by atoms with Gasteiger partial charge in [0.15, 0.2) is 18.2 Å². The summed E-state index contributed by atoms with van der Waals surface area (Å²) in [6.07, 6.45) is 0. The molecular formula is C18H19F3N3O+. The van der Waals surface area contributed by atoms with Crippen LogP contribution in [0.3, 0.4) is 0 Å². The predicted molar refractivity (Wildman–Crippen MR) is 89.2 cm³/mol. The fraction of sp³-hybridized carbons (Fsp3) is 0.278. The van der Waals surface area contributed by atoms with Gasteiger partial charge in [-0.2, -0.15) is 0 Å². The smallest absolute Gasteiger partial charge is 0.279 e. The molecule has 1 aliphatic heterocycles. The number of nitrogens with one attached hydrogen (secondary N) is 2. The monoisotopic (exact) mass is 350 g/mol. The number of piperazine rings is 1. The summed E-state index contributed by atoms with van der Waals surface area (Å²) in [6.45, 7) is 3.32. The van der Waals surface area contributed by atoms with E-state index in [0.717, 1.165) is 48.9 Å². The topological polar surface area (TPSA) is 36.8 Å². The average Bonchev–Trinajstić information content (AvgIpc) is 2.60. The third-order valence-corrected chi connectivity index (χ3v) is 4.28. The van der Waals surface area contributed by atoms with Gasteiger partial charge >= 0.3 is 0 Å². The maximum Gasteiger partial charge on any atom is 0.279 e. The lowest BCUT2D eigenvalue weighted by atomic mass is 10.2. The van der Waals surface area contributed by atoms with Crippen LogP contribution in [0.1, 0.15) is 0 Å². The molecule has 7 heteroatoms. The Kier molecular flexibility index (Phi) is 5.23. The zero-order valence-electron chi connectivity index (χ0n) is 13.6. The Labute approximate surface area is 143 Å². The molecule has 25 heavy (non-hydrogen) atoms. The van der Waals surface area contributed by atoms with Crippen LogP contribution < -0.4 is 15.1 Å². The maximum absolute atomic E-state index is 13.2. The molecular weight excluding hydrogens is 331 g/mol. The number of carbonyl (C=O) groups excluding carboxylic acids is 1. The van der Waals surface area contributed by atoms with E-state index in [2.05, 4.69) is 10.2 Å². The highest BCUT2D eigenvalue weighted by molar-refractivity contribution is 5.91. The Morgan fingerprint density at radius 3 is 2.32 bits per heavy atom. The van der Waals surface area contributed by atoms with Crippen LogP contribution in [-0.2, 0) is 4.79 Å². The number of rotatable bonds is 4.